The molecule has 8 nitrogen and oxygen atoms in total. The fraction of sp³-hybridized carbons (Fsp3) is 0.579. The molecule has 28 heavy (non-hydrogen) atoms. The van der Waals surface area contributed by atoms with Crippen molar-refractivity contribution in [2.75, 3.05) is 26.0 Å². The molecule has 0 saturated carbocycles. The second-order valence-corrected chi connectivity index (χ2v) is 8.17. The van der Waals surface area contributed by atoms with Gasteiger partial charge in [0.15, 0.2) is 11.5 Å². The minimum absolute atomic E-state index is 0.00839. The summed E-state index contributed by atoms with van der Waals surface area (Å²) in [5, 5.41) is 18.6. The van der Waals surface area contributed by atoms with E-state index in [2.05, 4.69) is 16.0 Å². The van der Waals surface area contributed by atoms with Crippen LogP contribution < -0.4 is 25.4 Å². The molecule has 3 amide bonds. The Balaban J connectivity index is 1.26. The number of phenolic OH excluding ortho intramolecular Hbond substituents is 1. The number of benzene rings is 1. The van der Waals surface area contributed by atoms with Gasteiger partial charge in [0.1, 0.15) is 12.4 Å². The Hall–Kier alpha value is -2.29. The Morgan fingerprint density at radius 3 is 3.00 bits per heavy atom. The van der Waals surface area contributed by atoms with Crippen molar-refractivity contribution in [3.05, 3.63) is 18.2 Å². The number of methoxy groups -OCH3 is 1. The second kappa shape index (κ2) is 9.77. The molecule has 0 radical (unpaired) electrons. The Morgan fingerprint density at radius 2 is 2.18 bits per heavy atom. The maximum atomic E-state index is 11.9. The molecule has 2 fully saturated rings. The Kier molecular flexibility index (Phi) is 7.13. The first kappa shape index (κ1) is 20.4. The minimum Gasteiger partial charge on any atom is -0.508 e. The quantitative estimate of drug-likeness (QED) is 0.345. The van der Waals surface area contributed by atoms with Gasteiger partial charge in [-0.05, 0) is 25.0 Å². The van der Waals surface area contributed by atoms with E-state index in [0.717, 1.165) is 25.0 Å². The van der Waals surface area contributed by atoms with E-state index in [1.807, 2.05) is 11.8 Å². The third-order valence-electron chi connectivity index (χ3n) is 4.91. The Morgan fingerprint density at radius 1 is 1.32 bits per heavy atom. The normalized spacial score (nSPS) is 22.9. The summed E-state index contributed by atoms with van der Waals surface area (Å²) in [6.45, 7) is 0.726. The van der Waals surface area contributed by atoms with E-state index in [-0.39, 0.29) is 29.8 Å². The zero-order chi connectivity index (χ0) is 19.9. The van der Waals surface area contributed by atoms with Crippen LogP contribution in [0.15, 0.2) is 18.2 Å². The monoisotopic (exact) mass is 409 g/mol. The first-order chi connectivity index (χ1) is 13.6. The molecule has 1 aromatic rings. The van der Waals surface area contributed by atoms with Crippen LogP contribution in [0.5, 0.6) is 17.2 Å². The van der Waals surface area contributed by atoms with Gasteiger partial charge in [-0.2, -0.15) is 11.8 Å². The predicted octanol–water partition coefficient (Wildman–Crippen LogP) is 1.62. The maximum Gasteiger partial charge on any atom is 0.315 e. The summed E-state index contributed by atoms with van der Waals surface area (Å²) in [7, 11) is 1.50. The number of fused-ring (bicyclic) bond motifs is 1. The summed E-state index contributed by atoms with van der Waals surface area (Å²) >= 11 is 1.89. The highest BCUT2D eigenvalue weighted by Crippen LogP contribution is 2.33. The maximum absolute atomic E-state index is 11.9. The van der Waals surface area contributed by atoms with E-state index in [1.54, 1.807) is 6.07 Å². The molecule has 2 heterocycles. The molecular weight excluding hydrogens is 382 g/mol. The summed E-state index contributed by atoms with van der Waals surface area (Å²) in [5.74, 6) is 2.05. The zero-order valence-electron chi connectivity index (χ0n) is 15.9. The topological polar surface area (TPSA) is 109 Å². The summed E-state index contributed by atoms with van der Waals surface area (Å²) in [6, 6.07) is 5.04. The van der Waals surface area contributed by atoms with Crippen molar-refractivity contribution in [1.29, 1.82) is 0 Å². The lowest BCUT2D eigenvalue weighted by molar-refractivity contribution is -0.121. The van der Waals surface area contributed by atoms with Crippen LogP contribution in [0, 0.1) is 0 Å². The molecule has 2 aliphatic rings. The first-order valence-corrected chi connectivity index (χ1v) is 10.6. The lowest BCUT2D eigenvalue weighted by Gasteiger charge is -2.16. The van der Waals surface area contributed by atoms with Gasteiger partial charge in [0.25, 0.3) is 0 Å². The van der Waals surface area contributed by atoms with Crippen LogP contribution in [0.3, 0.4) is 0 Å². The summed E-state index contributed by atoms with van der Waals surface area (Å²) in [5.41, 5.74) is 0. The number of hydrogen-bond donors (Lipinski definition) is 4. The van der Waals surface area contributed by atoms with Crippen LogP contribution in [0.4, 0.5) is 4.79 Å². The van der Waals surface area contributed by atoms with Crippen LogP contribution >= 0.6 is 11.8 Å². The molecule has 0 aliphatic carbocycles. The molecule has 9 heteroatoms. The van der Waals surface area contributed by atoms with Crippen molar-refractivity contribution in [2.45, 2.75) is 43.0 Å². The van der Waals surface area contributed by atoms with Gasteiger partial charge < -0.3 is 30.5 Å². The van der Waals surface area contributed by atoms with E-state index in [4.69, 9.17) is 9.47 Å². The van der Waals surface area contributed by atoms with Crippen molar-refractivity contribution >= 4 is 23.7 Å². The average molecular weight is 410 g/mol. The zero-order valence-corrected chi connectivity index (χ0v) is 16.7. The highest BCUT2D eigenvalue weighted by molar-refractivity contribution is 8.00. The van der Waals surface area contributed by atoms with E-state index >= 15 is 0 Å². The SMILES string of the molecule is COc1cc(O)ccc1OCCNC(=O)CCCC[C@@H]1SC[C@@H]2NC(=O)N[C@@H]21. The number of rotatable bonds is 10. The van der Waals surface area contributed by atoms with Gasteiger partial charge in [-0.1, -0.05) is 6.42 Å². The molecule has 0 aromatic heterocycles. The van der Waals surface area contributed by atoms with Crippen LogP contribution in [0.2, 0.25) is 0 Å². The first-order valence-electron chi connectivity index (χ1n) is 9.52. The molecule has 0 bridgehead atoms. The number of unbranched alkanes of at least 4 members (excludes halogenated alkanes) is 1. The molecule has 1 aromatic carbocycles. The number of hydrogen-bond acceptors (Lipinski definition) is 6. The van der Waals surface area contributed by atoms with Gasteiger partial charge in [0.05, 0.1) is 25.7 Å². The lowest BCUT2D eigenvalue weighted by atomic mass is 10.0. The molecule has 3 rings (SSSR count). The molecule has 3 atom stereocenters. The smallest absolute Gasteiger partial charge is 0.315 e. The van der Waals surface area contributed by atoms with E-state index in [9.17, 15) is 14.7 Å². The Bertz CT molecular complexity index is 702. The molecule has 2 aliphatic heterocycles. The van der Waals surface area contributed by atoms with E-state index in [0.29, 0.717) is 36.3 Å². The molecule has 154 valence electrons. The van der Waals surface area contributed by atoms with E-state index in [1.165, 1.54) is 19.2 Å². The van der Waals surface area contributed by atoms with E-state index < -0.39 is 0 Å². The summed E-state index contributed by atoms with van der Waals surface area (Å²) in [4.78, 5) is 23.3. The van der Waals surface area contributed by atoms with Gasteiger partial charge in [0, 0.05) is 23.5 Å². The Labute approximate surface area is 168 Å². The number of phenols is 1. The molecule has 0 unspecified atom stereocenters. The van der Waals surface area contributed by atoms with Crippen LogP contribution in [0.1, 0.15) is 25.7 Å². The van der Waals surface area contributed by atoms with Gasteiger partial charge in [-0.3, -0.25) is 4.79 Å². The molecule has 0 spiro atoms. The van der Waals surface area contributed by atoms with Crippen LogP contribution in [-0.4, -0.2) is 60.4 Å². The number of amides is 3. The third-order valence-corrected chi connectivity index (χ3v) is 6.42. The summed E-state index contributed by atoms with van der Waals surface area (Å²) < 4.78 is 10.7. The van der Waals surface area contributed by atoms with Crippen molar-refractivity contribution < 1.29 is 24.2 Å². The van der Waals surface area contributed by atoms with Crippen molar-refractivity contribution in [1.82, 2.24) is 16.0 Å². The van der Waals surface area contributed by atoms with Gasteiger partial charge >= 0.3 is 6.03 Å². The number of carbonyl (C=O) groups is 2. The highest BCUT2D eigenvalue weighted by Gasteiger charge is 2.42. The van der Waals surface area contributed by atoms with Gasteiger partial charge in [-0.15, -0.1) is 0 Å². The van der Waals surface area contributed by atoms with Crippen molar-refractivity contribution in [2.24, 2.45) is 0 Å². The minimum atomic E-state index is -0.0631. The highest BCUT2D eigenvalue weighted by atomic mass is 32.2. The van der Waals surface area contributed by atoms with Crippen molar-refractivity contribution in [3.63, 3.8) is 0 Å². The third kappa shape index (κ3) is 5.37. The lowest BCUT2D eigenvalue weighted by Crippen LogP contribution is -2.36. The number of aromatic hydroxyl groups is 1. The molecule has 4 N–H and O–H groups in total. The van der Waals surface area contributed by atoms with Crippen LogP contribution in [-0.2, 0) is 4.79 Å². The number of ether oxygens (including phenoxy) is 2. The summed E-state index contributed by atoms with van der Waals surface area (Å²) in [6.07, 6.45) is 3.28. The number of urea groups is 1. The fourth-order valence-corrected chi connectivity index (χ4v) is 5.03. The number of thioether (sulfide) groups is 1. The standard InChI is InChI=1S/C19H27N3O5S/c1-26-15-10-12(23)6-7-14(15)27-9-8-20-17(24)5-3-2-4-16-18-13(11-28-16)21-19(25)22-18/h6-7,10,13,16,18,23H,2-5,8-9,11H2,1H3,(H,20,24)(H2,21,22,25)/t13-,16-,18-/m0/s1. The second-order valence-electron chi connectivity index (χ2n) is 6.90. The number of carbonyl (C=O) groups excluding carboxylic acids is 2. The van der Waals surface area contributed by atoms with Gasteiger partial charge in [-0.25, -0.2) is 4.79 Å². The predicted molar refractivity (Wildman–Crippen MR) is 107 cm³/mol. The molecule has 2 saturated heterocycles. The fourth-order valence-electron chi connectivity index (χ4n) is 3.49. The largest absolute Gasteiger partial charge is 0.508 e. The number of nitrogens with one attached hydrogen (secondary N) is 3. The van der Waals surface area contributed by atoms with Gasteiger partial charge in [0.2, 0.25) is 5.91 Å². The van der Waals surface area contributed by atoms with Crippen molar-refractivity contribution in [3.8, 4) is 17.2 Å². The van der Waals surface area contributed by atoms with Crippen LogP contribution in [0.25, 0.3) is 0 Å². The molecular formula is C19H27N3O5S. The average Bonchev–Trinajstić information content (AvgIpc) is 3.22.